The highest BCUT2D eigenvalue weighted by atomic mass is 127. The number of ether oxygens (including phenoxy) is 1. The van der Waals surface area contributed by atoms with Gasteiger partial charge >= 0.3 is 0 Å². The van der Waals surface area contributed by atoms with Crippen LogP contribution in [0.15, 0.2) is 24.3 Å². The number of nitrogens with two attached hydrogens (primary N) is 1. The van der Waals surface area contributed by atoms with Crippen LogP contribution < -0.4 is 5.73 Å². The van der Waals surface area contributed by atoms with E-state index in [1.54, 1.807) is 0 Å². The average molecular weight is 303 g/mol. The summed E-state index contributed by atoms with van der Waals surface area (Å²) in [5.41, 5.74) is 7.42. The lowest BCUT2D eigenvalue weighted by atomic mass is 9.84. The van der Waals surface area contributed by atoms with Crippen molar-refractivity contribution in [1.82, 2.24) is 0 Å². The zero-order valence-electron chi connectivity index (χ0n) is 8.00. The van der Waals surface area contributed by atoms with Gasteiger partial charge in [0.1, 0.15) is 0 Å². The van der Waals surface area contributed by atoms with Gasteiger partial charge in [-0.1, -0.05) is 12.1 Å². The predicted octanol–water partition coefficient (Wildman–Crippen LogP) is 2.26. The maximum atomic E-state index is 6.35. The van der Waals surface area contributed by atoms with E-state index in [4.69, 9.17) is 10.5 Å². The van der Waals surface area contributed by atoms with E-state index in [9.17, 15) is 0 Å². The quantitative estimate of drug-likeness (QED) is 0.808. The van der Waals surface area contributed by atoms with Gasteiger partial charge in [0.25, 0.3) is 0 Å². The highest BCUT2D eigenvalue weighted by Gasteiger charge is 2.29. The standard InChI is InChI=1S/C11H14INO/c12-10-3-1-9(2-4-10)11(13)5-7-14-8-6-11/h1-4H,5-8,13H2. The molecule has 0 aromatic heterocycles. The zero-order valence-corrected chi connectivity index (χ0v) is 10.2. The summed E-state index contributed by atoms with van der Waals surface area (Å²) in [5.74, 6) is 0. The molecule has 1 saturated heterocycles. The molecule has 0 radical (unpaired) electrons. The molecule has 0 unspecified atom stereocenters. The second-order valence-corrected chi connectivity index (χ2v) is 5.02. The second-order valence-electron chi connectivity index (χ2n) is 3.78. The Morgan fingerprint density at radius 2 is 1.71 bits per heavy atom. The Hall–Kier alpha value is -0.130. The normalized spacial score (nSPS) is 20.7. The van der Waals surface area contributed by atoms with Gasteiger partial charge in [-0.25, -0.2) is 0 Å². The summed E-state index contributed by atoms with van der Waals surface area (Å²) in [4.78, 5) is 0. The summed E-state index contributed by atoms with van der Waals surface area (Å²) in [6.07, 6.45) is 1.85. The van der Waals surface area contributed by atoms with Crippen LogP contribution in [0.5, 0.6) is 0 Å². The monoisotopic (exact) mass is 303 g/mol. The number of hydrogen-bond acceptors (Lipinski definition) is 2. The van der Waals surface area contributed by atoms with Gasteiger partial charge in [0.05, 0.1) is 0 Å². The van der Waals surface area contributed by atoms with E-state index in [1.807, 2.05) is 0 Å². The van der Waals surface area contributed by atoms with E-state index in [0.29, 0.717) is 0 Å². The molecular weight excluding hydrogens is 289 g/mol. The fourth-order valence-corrected chi connectivity index (χ4v) is 2.17. The van der Waals surface area contributed by atoms with E-state index >= 15 is 0 Å². The van der Waals surface area contributed by atoms with E-state index in [2.05, 4.69) is 46.9 Å². The first-order valence-electron chi connectivity index (χ1n) is 4.83. The van der Waals surface area contributed by atoms with E-state index in [0.717, 1.165) is 26.1 Å². The first-order valence-corrected chi connectivity index (χ1v) is 5.91. The van der Waals surface area contributed by atoms with Crippen molar-refractivity contribution in [3.05, 3.63) is 33.4 Å². The van der Waals surface area contributed by atoms with E-state index in [-0.39, 0.29) is 5.54 Å². The summed E-state index contributed by atoms with van der Waals surface area (Å²) in [5, 5.41) is 0. The Bertz CT molecular complexity index is 304. The number of rotatable bonds is 1. The molecule has 1 aliphatic heterocycles. The molecule has 2 nitrogen and oxygen atoms in total. The van der Waals surface area contributed by atoms with Gasteiger partial charge in [0.15, 0.2) is 0 Å². The van der Waals surface area contributed by atoms with Gasteiger partial charge in [-0.2, -0.15) is 0 Å². The van der Waals surface area contributed by atoms with Gasteiger partial charge < -0.3 is 10.5 Å². The minimum Gasteiger partial charge on any atom is -0.381 e. The fourth-order valence-electron chi connectivity index (χ4n) is 1.81. The minimum atomic E-state index is -0.164. The summed E-state index contributed by atoms with van der Waals surface area (Å²) in [7, 11) is 0. The van der Waals surface area contributed by atoms with Gasteiger partial charge in [0, 0.05) is 22.3 Å². The molecule has 1 heterocycles. The molecule has 76 valence electrons. The lowest BCUT2D eigenvalue weighted by Crippen LogP contribution is -2.42. The Morgan fingerprint density at radius 3 is 2.29 bits per heavy atom. The third-order valence-corrected chi connectivity index (χ3v) is 3.52. The van der Waals surface area contributed by atoms with Gasteiger partial charge in [0.2, 0.25) is 0 Å². The summed E-state index contributed by atoms with van der Waals surface area (Å²) < 4.78 is 6.58. The molecule has 3 heteroatoms. The first kappa shape index (κ1) is 10.4. The van der Waals surface area contributed by atoms with Gasteiger partial charge in [-0.05, 0) is 53.1 Å². The molecule has 0 aliphatic carbocycles. The molecule has 14 heavy (non-hydrogen) atoms. The summed E-state index contributed by atoms with van der Waals surface area (Å²) in [6, 6.07) is 8.49. The Kier molecular flexibility index (Phi) is 3.09. The van der Waals surface area contributed by atoms with Crippen molar-refractivity contribution >= 4 is 22.6 Å². The molecule has 1 aliphatic rings. The van der Waals surface area contributed by atoms with Crippen LogP contribution in [0.2, 0.25) is 0 Å². The molecule has 2 N–H and O–H groups in total. The van der Waals surface area contributed by atoms with Crippen molar-refractivity contribution in [1.29, 1.82) is 0 Å². The molecule has 0 atom stereocenters. The predicted molar refractivity (Wildman–Crippen MR) is 65.1 cm³/mol. The lowest BCUT2D eigenvalue weighted by Gasteiger charge is -2.33. The zero-order chi connectivity index (χ0) is 10.0. The van der Waals surface area contributed by atoms with Crippen LogP contribution in [0.25, 0.3) is 0 Å². The molecule has 0 bridgehead atoms. The highest BCUT2D eigenvalue weighted by molar-refractivity contribution is 14.1. The molecule has 0 spiro atoms. The molecule has 1 fully saturated rings. The Labute approximate surface area is 98.0 Å². The second kappa shape index (κ2) is 4.16. The van der Waals surface area contributed by atoms with Crippen molar-refractivity contribution < 1.29 is 4.74 Å². The third-order valence-electron chi connectivity index (χ3n) is 2.80. The average Bonchev–Trinajstić information content (AvgIpc) is 2.19. The number of halogens is 1. The SMILES string of the molecule is NC1(c2ccc(I)cc2)CCOCC1. The molecule has 1 aromatic rings. The largest absolute Gasteiger partial charge is 0.381 e. The van der Waals surface area contributed by atoms with Crippen LogP contribution in [0.3, 0.4) is 0 Å². The van der Waals surface area contributed by atoms with Crippen molar-refractivity contribution in [2.75, 3.05) is 13.2 Å². The topological polar surface area (TPSA) is 35.2 Å². The first-order chi connectivity index (χ1) is 6.71. The Morgan fingerprint density at radius 1 is 1.14 bits per heavy atom. The van der Waals surface area contributed by atoms with Crippen LogP contribution in [0.1, 0.15) is 18.4 Å². The summed E-state index contributed by atoms with van der Waals surface area (Å²) >= 11 is 2.31. The minimum absolute atomic E-state index is 0.164. The lowest BCUT2D eigenvalue weighted by molar-refractivity contribution is 0.0522. The van der Waals surface area contributed by atoms with E-state index in [1.165, 1.54) is 9.13 Å². The van der Waals surface area contributed by atoms with E-state index < -0.39 is 0 Å². The van der Waals surface area contributed by atoms with Gasteiger partial charge in [-0.3, -0.25) is 0 Å². The molecule has 0 saturated carbocycles. The van der Waals surface area contributed by atoms with Crippen LogP contribution in [0.4, 0.5) is 0 Å². The van der Waals surface area contributed by atoms with Crippen molar-refractivity contribution in [2.24, 2.45) is 5.73 Å². The molecule has 2 rings (SSSR count). The number of hydrogen-bond donors (Lipinski definition) is 1. The van der Waals surface area contributed by atoms with Crippen molar-refractivity contribution in [2.45, 2.75) is 18.4 Å². The van der Waals surface area contributed by atoms with Crippen molar-refractivity contribution in [3.8, 4) is 0 Å². The van der Waals surface area contributed by atoms with Gasteiger partial charge in [-0.15, -0.1) is 0 Å². The Balaban J connectivity index is 2.23. The summed E-state index contributed by atoms with van der Waals surface area (Å²) in [6.45, 7) is 1.56. The maximum Gasteiger partial charge on any atom is 0.0486 e. The smallest absolute Gasteiger partial charge is 0.0486 e. The van der Waals surface area contributed by atoms with Crippen LogP contribution in [-0.4, -0.2) is 13.2 Å². The molecule has 1 aromatic carbocycles. The highest BCUT2D eigenvalue weighted by Crippen LogP contribution is 2.29. The number of benzene rings is 1. The molecule has 0 amide bonds. The maximum absolute atomic E-state index is 6.35. The fraction of sp³-hybridized carbons (Fsp3) is 0.455. The molecular formula is C11H14INO. The van der Waals surface area contributed by atoms with Crippen LogP contribution in [0, 0.1) is 3.57 Å². The van der Waals surface area contributed by atoms with Crippen LogP contribution >= 0.6 is 22.6 Å². The third kappa shape index (κ3) is 2.10. The van der Waals surface area contributed by atoms with Crippen molar-refractivity contribution in [3.63, 3.8) is 0 Å². The van der Waals surface area contributed by atoms with Crippen LogP contribution in [-0.2, 0) is 10.3 Å².